The predicted octanol–water partition coefficient (Wildman–Crippen LogP) is 3.83. The van der Waals surface area contributed by atoms with Gasteiger partial charge in [0.05, 0.1) is 19.6 Å². The first-order chi connectivity index (χ1) is 21.1. The maximum atomic E-state index is 13.3. The van der Waals surface area contributed by atoms with Gasteiger partial charge in [0.1, 0.15) is 24.0 Å². The fourth-order valence-corrected chi connectivity index (χ4v) is 5.23. The first-order valence-electron chi connectivity index (χ1n) is 15.1. The van der Waals surface area contributed by atoms with Gasteiger partial charge in [0, 0.05) is 25.3 Å². The second-order valence-corrected chi connectivity index (χ2v) is 11.7. The summed E-state index contributed by atoms with van der Waals surface area (Å²) in [5.74, 6) is -1.67. The Labute approximate surface area is 258 Å². The Morgan fingerprint density at radius 2 is 1.68 bits per heavy atom. The van der Waals surface area contributed by atoms with Crippen molar-refractivity contribution >= 4 is 23.8 Å². The molecule has 2 amide bonds. The van der Waals surface area contributed by atoms with Crippen LogP contribution in [0.15, 0.2) is 66.7 Å². The molecule has 1 saturated heterocycles. The van der Waals surface area contributed by atoms with E-state index in [9.17, 15) is 19.2 Å². The van der Waals surface area contributed by atoms with Crippen LogP contribution in [0.4, 0.5) is 0 Å². The largest absolute Gasteiger partial charge is 0.497 e. The van der Waals surface area contributed by atoms with E-state index in [-0.39, 0.29) is 56.3 Å². The summed E-state index contributed by atoms with van der Waals surface area (Å²) in [6, 6.07) is 16.1. The third-order valence-electron chi connectivity index (χ3n) is 7.75. The molecule has 0 saturated carbocycles. The molecule has 10 heteroatoms. The molecule has 0 aromatic heterocycles. The quantitative estimate of drug-likeness (QED) is 0.342. The summed E-state index contributed by atoms with van der Waals surface area (Å²) >= 11 is 0. The van der Waals surface area contributed by atoms with Crippen LogP contribution in [-0.4, -0.2) is 61.8 Å². The molecule has 0 bridgehead atoms. The molecule has 44 heavy (non-hydrogen) atoms. The Morgan fingerprint density at radius 3 is 2.36 bits per heavy atom. The highest BCUT2D eigenvalue weighted by Crippen LogP contribution is 2.45. The molecular weight excluding hydrogens is 564 g/mol. The number of ether oxygens (including phenoxy) is 4. The maximum absolute atomic E-state index is 13.3. The fraction of sp³-hybridized carbons (Fsp3) is 0.471. The average molecular weight is 607 g/mol. The van der Waals surface area contributed by atoms with Crippen molar-refractivity contribution < 1.29 is 38.1 Å². The van der Waals surface area contributed by atoms with Crippen LogP contribution in [0.2, 0.25) is 0 Å². The second-order valence-electron chi connectivity index (χ2n) is 11.7. The van der Waals surface area contributed by atoms with E-state index >= 15 is 0 Å². The van der Waals surface area contributed by atoms with E-state index in [1.54, 1.807) is 25.3 Å². The average Bonchev–Trinajstić information content (AvgIpc) is 3.81. The van der Waals surface area contributed by atoms with Gasteiger partial charge < -0.3 is 29.6 Å². The number of hydrogen-bond donors (Lipinski definition) is 2. The number of epoxide rings is 1. The van der Waals surface area contributed by atoms with Crippen molar-refractivity contribution in [2.24, 2.45) is 11.8 Å². The molecule has 6 atom stereocenters. The summed E-state index contributed by atoms with van der Waals surface area (Å²) in [6.45, 7) is 5.77. The van der Waals surface area contributed by atoms with Gasteiger partial charge in [-0.05, 0) is 41.7 Å². The summed E-state index contributed by atoms with van der Waals surface area (Å²) in [6.07, 6.45) is 1.50. The topological polar surface area (TPSA) is 133 Å². The highest BCUT2D eigenvalue weighted by Gasteiger charge is 2.47. The normalized spacial score (nSPS) is 26.5. The smallest absolute Gasteiger partial charge is 0.347 e. The molecule has 0 unspecified atom stereocenters. The van der Waals surface area contributed by atoms with Crippen molar-refractivity contribution in [3.8, 4) is 5.75 Å². The Balaban J connectivity index is 1.54. The van der Waals surface area contributed by atoms with Crippen LogP contribution >= 0.6 is 0 Å². The summed E-state index contributed by atoms with van der Waals surface area (Å²) in [7, 11) is 1.57. The molecule has 2 aliphatic rings. The highest BCUT2D eigenvalue weighted by atomic mass is 16.6. The summed E-state index contributed by atoms with van der Waals surface area (Å²) in [4.78, 5) is 52.2. The Kier molecular flexibility index (Phi) is 11.5. The zero-order valence-corrected chi connectivity index (χ0v) is 25.7. The van der Waals surface area contributed by atoms with Gasteiger partial charge in [-0.1, -0.05) is 69.3 Å². The van der Waals surface area contributed by atoms with E-state index in [2.05, 4.69) is 10.6 Å². The molecule has 10 nitrogen and oxygen atoms in total. The molecular formula is C34H42N2O8. The van der Waals surface area contributed by atoms with Gasteiger partial charge in [-0.2, -0.15) is 0 Å². The number of hydrogen-bond acceptors (Lipinski definition) is 8. The summed E-state index contributed by atoms with van der Waals surface area (Å²) in [5.41, 5.74) is 1.85. The van der Waals surface area contributed by atoms with Gasteiger partial charge in [0.15, 0.2) is 6.10 Å². The molecule has 4 rings (SSSR count). The second kappa shape index (κ2) is 15.5. The molecule has 2 aromatic carbocycles. The predicted molar refractivity (Wildman–Crippen MR) is 162 cm³/mol. The van der Waals surface area contributed by atoms with Crippen molar-refractivity contribution in [3.63, 3.8) is 0 Å². The minimum Gasteiger partial charge on any atom is -0.497 e. The van der Waals surface area contributed by atoms with E-state index in [1.807, 2.05) is 63.2 Å². The molecule has 2 N–H and O–H groups in total. The lowest BCUT2D eigenvalue weighted by molar-refractivity contribution is -0.174. The van der Waals surface area contributed by atoms with Gasteiger partial charge in [-0.25, -0.2) is 4.79 Å². The number of methoxy groups -OCH3 is 1. The minimum atomic E-state index is -1.10. The Bertz CT molecular complexity index is 1310. The molecule has 1 fully saturated rings. The number of rotatable bonds is 8. The third-order valence-corrected chi connectivity index (χ3v) is 7.75. The van der Waals surface area contributed by atoms with E-state index < -0.39 is 42.0 Å². The van der Waals surface area contributed by atoms with Crippen LogP contribution < -0.4 is 15.4 Å². The molecule has 0 radical (unpaired) electrons. The van der Waals surface area contributed by atoms with Crippen LogP contribution in [0.25, 0.3) is 0 Å². The zero-order valence-electron chi connectivity index (χ0n) is 25.7. The zero-order chi connectivity index (χ0) is 31.6. The highest BCUT2D eigenvalue weighted by molar-refractivity contribution is 5.93. The monoisotopic (exact) mass is 606 g/mol. The van der Waals surface area contributed by atoms with Crippen LogP contribution in [0.1, 0.15) is 57.3 Å². The number of cyclic esters (lactones) is 2. The number of benzene rings is 2. The number of carbonyl (C=O) groups excluding carboxylic acids is 4. The first-order valence-corrected chi connectivity index (χ1v) is 15.1. The summed E-state index contributed by atoms with van der Waals surface area (Å²) in [5, 5.41) is 5.47. The van der Waals surface area contributed by atoms with Crippen LogP contribution in [0.5, 0.6) is 5.75 Å². The molecule has 0 aliphatic carbocycles. The molecule has 0 spiro atoms. The number of carbonyl (C=O) groups is 4. The van der Waals surface area contributed by atoms with Gasteiger partial charge in [0.2, 0.25) is 11.8 Å². The van der Waals surface area contributed by atoms with Gasteiger partial charge >= 0.3 is 11.9 Å². The van der Waals surface area contributed by atoms with Gasteiger partial charge in [-0.3, -0.25) is 14.4 Å². The lowest BCUT2D eigenvalue weighted by Gasteiger charge is -2.26. The van der Waals surface area contributed by atoms with Crippen LogP contribution in [0.3, 0.4) is 0 Å². The SMILES string of the molecule is COc1ccc(C[C@H]2NC(=O)/C=C\C[C@@H]([C@H](C)[C@H]3O[C@@H]3c3ccccc3)OC(=O)[C@H](CC(C)C)OC(=O)CCNC2=O)cc1. The van der Waals surface area contributed by atoms with Crippen molar-refractivity contribution in [3.05, 3.63) is 77.9 Å². The maximum Gasteiger partial charge on any atom is 0.347 e. The Morgan fingerprint density at radius 1 is 0.955 bits per heavy atom. The van der Waals surface area contributed by atoms with E-state index in [1.165, 1.54) is 6.08 Å². The van der Waals surface area contributed by atoms with E-state index in [4.69, 9.17) is 18.9 Å². The Hall–Kier alpha value is -4.18. The third kappa shape index (κ3) is 9.41. The van der Waals surface area contributed by atoms with Crippen LogP contribution in [-0.2, 0) is 39.8 Å². The lowest BCUT2D eigenvalue weighted by Crippen LogP contribution is -2.48. The van der Waals surface area contributed by atoms with Crippen molar-refractivity contribution in [2.45, 2.75) is 76.9 Å². The van der Waals surface area contributed by atoms with Gasteiger partial charge in [0.25, 0.3) is 0 Å². The van der Waals surface area contributed by atoms with Crippen molar-refractivity contribution in [1.29, 1.82) is 0 Å². The van der Waals surface area contributed by atoms with Crippen LogP contribution in [0, 0.1) is 11.8 Å². The lowest BCUT2D eigenvalue weighted by atomic mass is 9.93. The number of nitrogens with one attached hydrogen (secondary N) is 2. The standard InChI is InChI=1S/C34H42N2O8/c1-21(2)19-28-34(40)43-27(22(3)31-32(44-31)24-9-6-5-7-10-24)11-8-12-29(37)36-26(33(39)35-18-17-30(38)42-28)20-23-13-15-25(41-4)16-14-23/h5-10,12-16,21-22,26-28,31-32H,11,17-20H2,1-4H3,(H,35,39)(H,36,37)/b12-8-/t22-,26+,27-,28-,31+,32+/m0/s1. The molecule has 2 aliphatic heterocycles. The molecule has 2 aromatic rings. The first kappa shape index (κ1) is 32.7. The molecule has 236 valence electrons. The number of esters is 2. The van der Waals surface area contributed by atoms with E-state index in [0.717, 1.165) is 11.1 Å². The van der Waals surface area contributed by atoms with E-state index in [0.29, 0.717) is 5.75 Å². The van der Waals surface area contributed by atoms with Crippen molar-refractivity contribution in [2.75, 3.05) is 13.7 Å². The molecule has 2 heterocycles. The minimum absolute atomic E-state index is 0.0223. The van der Waals surface area contributed by atoms with Gasteiger partial charge in [-0.15, -0.1) is 0 Å². The summed E-state index contributed by atoms with van der Waals surface area (Å²) < 4.78 is 22.7. The fourth-order valence-electron chi connectivity index (χ4n) is 5.23. The number of amides is 2. The van der Waals surface area contributed by atoms with Crippen molar-refractivity contribution in [1.82, 2.24) is 10.6 Å².